The normalized spacial score (nSPS) is 14.6. The summed E-state index contributed by atoms with van der Waals surface area (Å²) in [4.78, 5) is 12.3. The van der Waals surface area contributed by atoms with Crippen LogP contribution in [0.2, 0.25) is 0 Å². The van der Waals surface area contributed by atoms with Gasteiger partial charge in [0.2, 0.25) is 5.91 Å². The van der Waals surface area contributed by atoms with Gasteiger partial charge in [0.1, 0.15) is 0 Å². The van der Waals surface area contributed by atoms with Gasteiger partial charge in [0.15, 0.2) is 0 Å². The zero-order valence-corrected chi connectivity index (χ0v) is 31.6. The van der Waals surface area contributed by atoms with Crippen LogP contribution in [0.3, 0.4) is 0 Å². The lowest BCUT2D eigenvalue weighted by Crippen LogP contribution is -2.45. The van der Waals surface area contributed by atoms with Crippen LogP contribution in [-0.2, 0) is 4.79 Å². The Bertz CT molecular complexity index is 1100. The number of unbranched alkanes of at least 4 members (excludes halogenated alkanes) is 5. The molecule has 0 saturated carbocycles. The Balaban J connectivity index is 3.83. The average Bonchev–Trinajstić information content (AvgIpc) is 3.12. The second-order valence-electron chi connectivity index (χ2n) is 12.2. The first kappa shape index (κ1) is 46.5. The molecule has 4 heteroatoms. The standard InChI is InChI=1S/C46H71NO3/c1-3-5-7-9-11-13-15-16-17-18-19-20-21-22-23-24-25-26-27-28-29-30-32-34-36-38-40-42-46(50)47-44(43-48)45(49)41-39-37-35-33-31-14-12-10-8-6-4-2/h5,7-8,10-11,13,16-17,19-20,22-23,25-26,28-29,31-34,39,41,44-45,48-49H,3-4,6,9,12,14-15,18,21,24,27,30,35-38,40,42-43H2,1-2H3,(H,47,50)/b7-5-,10-8+,13-11-,17-16-,20-19-,23-22-,26-25-,29-28-,33-31+,34-32-,41-39+. The zero-order valence-electron chi connectivity index (χ0n) is 31.6. The van der Waals surface area contributed by atoms with Crippen molar-refractivity contribution < 1.29 is 15.0 Å². The van der Waals surface area contributed by atoms with Crippen LogP contribution in [0.5, 0.6) is 0 Å². The molecule has 0 aliphatic heterocycles. The van der Waals surface area contributed by atoms with E-state index in [4.69, 9.17) is 0 Å². The molecule has 0 fully saturated rings. The predicted molar refractivity (Wildman–Crippen MR) is 220 cm³/mol. The Labute approximate surface area is 307 Å². The van der Waals surface area contributed by atoms with E-state index in [1.807, 2.05) is 6.08 Å². The van der Waals surface area contributed by atoms with Gasteiger partial charge in [0.05, 0.1) is 18.8 Å². The number of aliphatic hydroxyl groups excluding tert-OH is 2. The molecule has 278 valence electrons. The number of carbonyl (C=O) groups is 1. The van der Waals surface area contributed by atoms with E-state index in [9.17, 15) is 15.0 Å². The van der Waals surface area contributed by atoms with Crippen molar-refractivity contribution in [3.05, 3.63) is 134 Å². The van der Waals surface area contributed by atoms with E-state index in [1.54, 1.807) is 6.08 Å². The van der Waals surface area contributed by atoms with Crippen molar-refractivity contribution >= 4 is 5.91 Å². The summed E-state index contributed by atoms with van der Waals surface area (Å²) < 4.78 is 0. The van der Waals surface area contributed by atoms with Crippen LogP contribution in [0.25, 0.3) is 0 Å². The molecule has 0 radical (unpaired) electrons. The molecular weight excluding hydrogens is 615 g/mol. The van der Waals surface area contributed by atoms with Crippen molar-refractivity contribution in [1.29, 1.82) is 0 Å². The van der Waals surface area contributed by atoms with Crippen molar-refractivity contribution in [2.24, 2.45) is 0 Å². The minimum Gasteiger partial charge on any atom is -0.394 e. The smallest absolute Gasteiger partial charge is 0.220 e. The highest BCUT2D eigenvalue weighted by atomic mass is 16.3. The highest BCUT2D eigenvalue weighted by Crippen LogP contribution is 2.05. The van der Waals surface area contributed by atoms with Crippen LogP contribution < -0.4 is 5.32 Å². The van der Waals surface area contributed by atoms with Crippen molar-refractivity contribution in [2.45, 2.75) is 142 Å². The third-order valence-corrected chi connectivity index (χ3v) is 7.58. The maximum absolute atomic E-state index is 12.3. The molecule has 0 saturated heterocycles. The molecule has 0 aromatic rings. The Kier molecular flexibility index (Phi) is 37.2. The van der Waals surface area contributed by atoms with Gasteiger partial charge < -0.3 is 15.5 Å². The molecular formula is C46H71NO3. The summed E-state index contributed by atoms with van der Waals surface area (Å²) in [6.45, 7) is 4.05. The molecule has 0 aliphatic rings. The van der Waals surface area contributed by atoms with Crippen LogP contribution in [-0.4, -0.2) is 34.9 Å². The molecule has 0 heterocycles. The lowest BCUT2D eigenvalue weighted by Gasteiger charge is -2.19. The fourth-order valence-electron chi connectivity index (χ4n) is 4.64. The Morgan fingerprint density at radius 2 is 0.880 bits per heavy atom. The van der Waals surface area contributed by atoms with Crippen LogP contribution in [0, 0.1) is 0 Å². The maximum atomic E-state index is 12.3. The maximum Gasteiger partial charge on any atom is 0.220 e. The minimum atomic E-state index is -0.896. The number of rotatable bonds is 32. The van der Waals surface area contributed by atoms with Crippen LogP contribution >= 0.6 is 0 Å². The number of allylic oxidation sites excluding steroid dienone is 21. The first-order valence-corrected chi connectivity index (χ1v) is 19.4. The van der Waals surface area contributed by atoms with Gasteiger partial charge in [-0.25, -0.2) is 0 Å². The van der Waals surface area contributed by atoms with Crippen molar-refractivity contribution in [1.82, 2.24) is 5.32 Å². The molecule has 0 aromatic heterocycles. The van der Waals surface area contributed by atoms with Crippen molar-refractivity contribution in [3.63, 3.8) is 0 Å². The van der Waals surface area contributed by atoms with E-state index in [0.29, 0.717) is 6.42 Å². The van der Waals surface area contributed by atoms with Gasteiger partial charge in [-0.15, -0.1) is 0 Å². The quantitative estimate of drug-likeness (QED) is 0.0487. The summed E-state index contributed by atoms with van der Waals surface area (Å²) in [5, 5.41) is 22.8. The number of hydrogen-bond acceptors (Lipinski definition) is 3. The van der Waals surface area contributed by atoms with Gasteiger partial charge in [-0.05, 0) is 103 Å². The summed E-state index contributed by atoms with van der Waals surface area (Å²) in [6, 6.07) is -0.677. The highest BCUT2D eigenvalue weighted by molar-refractivity contribution is 5.76. The fourth-order valence-corrected chi connectivity index (χ4v) is 4.64. The molecule has 50 heavy (non-hydrogen) atoms. The van der Waals surface area contributed by atoms with E-state index in [-0.39, 0.29) is 12.5 Å². The first-order valence-electron chi connectivity index (χ1n) is 19.4. The second kappa shape index (κ2) is 40.0. The SMILES string of the molecule is CC/C=C\C/C=C\C/C=C\C/C=C\C/C=C\C/C=C\C/C=C\C/C=C\CCCCC(=O)NC(CO)C(O)/C=C/CC/C=C/CC/C=C/CCC. The summed E-state index contributed by atoms with van der Waals surface area (Å²) in [5.74, 6) is -0.131. The number of carbonyl (C=O) groups excluding carboxylic acids is 1. The molecule has 0 bridgehead atoms. The Hall–Kier alpha value is -3.47. The third kappa shape index (κ3) is 35.8. The molecule has 0 rings (SSSR count). The molecule has 4 nitrogen and oxygen atoms in total. The fraction of sp³-hybridized carbons (Fsp3) is 0.500. The van der Waals surface area contributed by atoms with Gasteiger partial charge in [0.25, 0.3) is 0 Å². The predicted octanol–water partition coefficient (Wildman–Crippen LogP) is 12.0. The highest BCUT2D eigenvalue weighted by Gasteiger charge is 2.17. The van der Waals surface area contributed by atoms with Crippen molar-refractivity contribution in [3.8, 4) is 0 Å². The summed E-state index contributed by atoms with van der Waals surface area (Å²) >= 11 is 0. The van der Waals surface area contributed by atoms with Gasteiger partial charge in [-0.3, -0.25) is 4.79 Å². The molecule has 0 spiro atoms. The number of aliphatic hydroxyl groups is 2. The van der Waals surface area contributed by atoms with Crippen LogP contribution in [0.15, 0.2) is 134 Å². The monoisotopic (exact) mass is 686 g/mol. The van der Waals surface area contributed by atoms with E-state index in [2.05, 4.69) is 141 Å². The third-order valence-electron chi connectivity index (χ3n) is 7.58. The largest absolute Gasteiger partial charge is 0.394 e. The lowest BCUT2D eigenvalue weighted by atomic mass is 10.1. The lowest BCUT2D eigenvalue weighted by molar-refractivity contribution is -0.123. The van der Waals surface area contributed by atoms with Gasteiger partial charge >= 0.3 is 0 Å². The second-order valence-corrected chi connectivity index (χ2v) is 12.2. The summed E-state index contributed by atoms with van der Waals surface area (Å²) in [7, 11) is 0. The molecule has 2 atom stereocenters. The molecule has 2 unspecified atom stereocenters. The van der Waals surface area contributed by atoms with Gasteiger partial charge in [-0.1, -0.05) is 154 Å². The van der Waals surface area contributed by atoms with Gasteiger partial charge in [0, 0.05) is 6.42 Å². The first-order chi connectivity index (χ1) is 24.7. The van der Waals surface area contributed by atoms with Crippen LogP contribution in [0.4, 0.5) is 0 Å². The molecule has 1 amide bonds. The summed E-state index contributed by atoms with van der Waals surface area (Å²) in [5.41, 5.74) is 0. The van der Waals surface area contributed by atoms with E-state index < -0.39 is 12.1 Å². The topological polar surface area (TPSA) is 69.6 Å². The van der Waals surface area contributed by atoms with Gasteiger partial charge in [-0.2, -0.15) is 0 Å². The average molecular weight is 686 g/mol. The number of hydrogen-bond donors (Lipinski definition) is 3. The number of nitrogens with one attached hydrogen (secondary N) is 1. The Morgan fingerprint density at radius 3 is 1.30 bits per heavy atom. The van der Waals surface area contributed by atoms with Crippen molar-refractivity contribution in [2.75, 3.05) is 6.61 Å². The summed E-state index contributed by atoms with van der Waals surface area (Å²) in [6.07, 6.45) is 64.0. The molecule has 0 aromatic carbocycles. The molecule has 0 aliphatic carbocycles. The molecule has 3 N–H and O–H groups in total. The van der Waals surface area contributed by atoms with E-state index in [0.717, 1.165) is 103 Å². The van der Waals surface area contributed by atoms with E-state index in [1.165, 1.54) is 6.42 Å². The Morgan fingerprint density at radius 1 is 0.500 bits per heavy atom. The van der Waals surface area contributed by atoms with E-state index >= 15 is 0 Å². The van der Waals surface area contributed by atoms with Crippen LogP contribution in [0.1, 0.15) is 129 Å². The minimum absolute atomic E-state index is 0.131. The number of amides is 1. The zero-order chi connectivity index (χ0) is 36.4.